The molecule has 0 radical (unpaired) electrons. The van der Waals surface area contributed by atoms with Gasteiger partial charge in [0.1, 0.15) is 0 Å². The van der Waals surface area contributed by atoms with E-state index in [9.17, 15) is 0 Å². The van der Waals surface area contributed by atoms with Gasteiger partial charge >= 0.3 is 0 Å². The van der Waals surface area contributed by atoms with Crippen LogP contribution in [0.4, 0.5) is 0 Å². The first-order chi connectivity index (χ1) is 4.62. The predicted molar refractivity (Wildman–Crippen MR) is 56.3 cm³/mol. The Labute approximate surface area is 75.8 Å². The highest BCUT2D eigenvalue weighted by Gasteiger charge is 2.17. The normalized spacial score (nSPS) is 12.0. The Morgan fingerprint density at radius 2 is 1.90 bits per heavy atom. The molecule has 0 N–H and O–H groups in total. The van der Waals surface area contributed by atoms with Crippen LogP contribution in [-0.4, -0.2) is 19.7 Å². The van der Waals surface area contributed by atoms with Crippen molar-refractivity contribution in [2.45, 2.75) is 31.6 Å². The van der Waals surface area contributed by atoms with Crippen LogP contribution in [0.5, 0.6) is 0 Å². The molecular weight excluding hydrogens is 180 g/mol. The van der Waals surface area contributed by atoms with Gasteiger partial charge < -0.3 is 0 Å². The average Bonchev–Trinajstić information content (AvgIpc) is 1.84. The lowest BCUT2D eigenvalue weighted by atomic mass is 10.6. The first kappa shape index (κ1) is 10.9. The zero-order chi connectivity index (χ0) is 8.04. The molecule has 0 aromatic heterocycles. The van der Waals surface area contributed by atoms with Crippen molar-refractivity contribution in [1.29, 1.82) is 0 Å². The van der Waals surface area contributed by atoms with E-state index in [1.807, 2.05) is 0 Å². The summed E-state index contributed by atoms with van der Waals surface area (Å²) < 4.78 is 0. The zero-order valence-corrected chi connectivity index (χ0v) is 9.51. The maximum absolute atomic E-state index is 5.61. The third-order valence-electron chi connectivity index (χ3n) is 1.78. The van der Waals surface area contributed by atoms with Crippen molar-refractivity contribution in [2.75, 3.05) is 11.6 Å². The molecule has 0 saturated heterocycles. The number of alkyl halides is 1. The fraction of sp³-hybridized carbons (Fsp3) is 1.00. The standard InChI is InChI=1S/C7H17ClSSi/c1-10(2,7-5-9)6-3-4-8/h9H,3-7H2,1-2H3. The van der Waals surface area contributed by atoms with Crippen molar-refractivity contribution >= 4 is 32.3 Å². The van der Waals surface area contributed by atoms with E-state index in [0.717, 1.165) is 11.6 Å². The van der Waals surface area contributed by atoms with Crippen LogP contribution in [0.25, 0.3) is 0 Å². The molecule has 0 aliphatic heterocycles. The quantitative estimate of drug-likeness (QED) is 0.390. The summed E-state index contributed by atoms with van der Waals surface area (Å²) in [5.74, 6) is 1.87. The molecule has 0 aliphatic carbocycles. The average molecular weight is 197 g/mol. The molecule has 3 heteroatoms. The van der Waals surface area contributed by atoms with Gasteiger partial charge in [-0.15, -0.1) is 11.6 Å². The number of thiol groups is 1. The van der Waals surface area contributed by atoms with Gasteiger partial charge in [-0.25, -0.2) is 0 Å². The van der Waals surface area contributed by atoms with Gasteiger partial charge in [-0.3, -0.25) is 0 Å². The molecule has 0 saturated carbocycles. The van der Waals surface area contributed by atoms with E-state index in [0.29, 0.717) is 0 Å². The van der Waals surface area contributed by atoms with E-state index in [2.05, 4.69) is 25.7 Å². The predicted octanol–water partition coefficient (Wildman–Crippen LogP) is 3.25. The molecule has 0 aromatic rings. The van der Waals surface area contributed by atoms with Crippen LogP contribution >= 0.6 is 24.2 Å². The number of rotatable bonds is 5. The van der Waals surface area contributed by atoms with Crippen molar-refractivity contribution in [3.8, 4) is 0 Å². The molecule has 0 heterocycles. The molecule has 0 nitrogen and oxygen atoms in total. The molecule has 0 spiro atoms. The maximum atomic E-state index is 5.61. The molecule has 0 amide bonds. The first-order valence-electron chi connectivity index (χ1n) is 3.79. The van der Waals surface area contributed by atoms with Gasteiger partial charge in [0.25, 0.3) is 0 Å². The molecule has 10 heavy (non-hydrogen) atoms. The molecule has 0 unspecified atom stereocenters. The van der Waals surface area contributed by atoms with Crippen LogP contribution in [0.1, 0.15) is 6.42 Å². The van der Waals surface area contributed by atoms with E-state index in [1.54, 1.807) is 0 Å². The van der Waals surface area contributed by atoms with Gasteiger partial charge in [-0.05, 0) is 18.2 Å². The highest BCUT2D eigenvalue weighted by Crippen LogP contribution is 2.17. The minimum atomic E-state index is -0.885. The van der Waals surface area contributed by atoms with Gasteiger partial charge in [0, 0.05) is 14.0 Å². The summed E-state index contributed by atoms with van der Waals surface area (Å²) in [4.78, 5) is 0. The van der Waals surface area contributed by atoms with E-state index in [4.69, 9.17) is 11.6 Å². The van der Waals surface area contributed by atoms with Gasteiger partial charge in [-0.2, -0.15) is 12.6 Å². The molecule has 0 atom stereocenters. The highest BCUT2D eigenvalue weighted by molar-refractivity contribution is 7.80. The lowest BCUT2D eigenvalue weighted by molar-refractivity contribution is 1.04. The zero-order valence-electron chi connectivity index (χ0n) is 6.86. The summed E-state index contributed by atoms with van der Waals surface area (Å²) in [5, 5.41) is 0. The van der Waals surface area contributed by atoms with Crippen LogP contribution in [-0.2, 0) is 0 Å². The van der Waals surface area contributed by atoms with Gasteiger partial charge in [-0.1, -0.05) is 19.1 Å². The molecule has 0 bridgehead atoms. The van der Waals surface area contributed by atoms with Crippen molar-refractivity contribution < 1.29 is 0 Å². The monoisotopic (exact) mass is 196 g/mol. The Kier molecular flexibility index (Phi) is 5.97. The van der Waals surface area contributed by atoms with Crippen molar-refractivity contribution in [3.05, 3.63) is 0 Å². The van der Waals surface area contributed by atoms with Gasteiger partial charge in [0.15, 0.2) is 0 Å². The summed E-state index contributed by atoms with van der Waals surface area (Å²) in [6, 6.07) is 2.68. The van der Waals surface area contributed by atoms with E-state index < -0.39 is 8.07 Å². The van der Waals surface area contributed by atoms with Crippen molar-refractivity contribution in [1.82, 2.24) is 0 Å². The number of halogens is 1. The van der Waals surface area contributed by atoms with E-state index in [1.165, 1.54) is 18.5 Å². The summed E-state index contributed by atoms with van der Waals surface area (Å²) in [6.07, 6.45) is 1.19. The topological polar surface area (TPSA) is 0 Å². The van der Waals surface area contributed by atoms with Crippen LogP contribution in [0.2, 0.25) is 25.2 Å². The van der Waals surface area contributed by atoms with Crippen molar-refractivity contribution in [2.24, 2.45) is 0 Å². The molecule has 0 fully saturated rings. The lowest BCUT2D eigenvalue weighted by Crippen LogP contribution is -2.25. The molecule has 0 aromatic carbocycles. The SMILES string of the molecule is C[Si](C)(CCS)CCCCl. The molecule has 0 rings (SSSR count). The van der Waals surface area contributed by atoms with Gasteiger partial charge in [0.2, 0.25) is 0 Å². The summed E-state index contributed by atoms with van der Waals surface area (Å²) in [5.41, 5.74) is 0. The number of hydrogen-bond donors (Lipinski definition) is 1. The fourth-order valence-electron chi connectivity index (χ4n) is 0.973. The highest BCUT2D eigenvalue weighted by atomic mass is 35.5. The molecule has 62 valence electrons. The third-order valence-corrected chi connectivity index (χ3v) is 6.00. The first-order valence-corrected chi connectivity index (χ1v) is 8.37. The molecule has 0 aliphatic rings. The second kappa shape index (κ2) is 5.50. The summed E-state index contributed by atoms with van der Waals surface area (Å²) >= 11 is 9.85. The van der Waals surface area contributed by atoms with E-state index >= 15 is 0 Å². The summed E-state index contributed by atoms with van der Waals surface area (Å²) in [6.45, 7) is 4.82. The van der Waals surface area contributed by atoms with E-state index in [-0.39, 0.29) is 0 Å². The Hall–Kier alpha value is 0.857. The van der Waals surface area contributed by atoms with Gasteiger partial charge in [0.05, 0.1) is 0 Å². The van der Waals surface area contributed by atoms with Crippen LogP contribution in [0.3, 0.4) is 0 Å². The second-order valence-corrected chi connectivity index (χ2v) is 9.58. The molecular formula is C7H17ClSSi. The minimum Gasteiger partial charge on any atom is -0.180 e. The Balaban J connectivity index is 3.42. The smallest absolute Gasteiger partial charge is 0.0482 e. The Bertz CT molecular complexity index is 85.7. The Morgan fingerprint density at radius 1 is 1.30 bits per heavy atom. The van der Waals surface area contributed by atoms with Crippen LogP contribution < -0.4 is 0 Å². The lowest BCUT2D eigenvalue weighted by Gasteiger charge is -2.20. The van der Waals surface area contributed by atoms with Crippen molar-refractivity contribution in [3.63, 3.8) is 0 Å². The minimum absolute atomic E-state index is 0.822. The Morgan fingerprint density at radius 3 is 2.30 bits per heavy atom. The third kappa shape index (κ3) is 5.63. The fourth-order valence-corrected chi connectivity index (χ4v) is 5.14. The second-order valence-electron chi connectivity index (χ2n) is 3.43. The maximum Gasteiger partial charge on any atom is 0.0482 e. The number of hydrogen-bond acceptors (Lipinski definition) is 1. The van der Waals surface area contributed by atoms with Crippen LogP contribution in [0.15, 0.2) is 0 Å². The largest absolute Gasteiger partial charge is 0.180 e. The summed E-state index contributed by atoms with van der Waals surface area (Å²) in [7, 11) is -0.885. The van der Waals surface area contributed by atoms with Crippen LogP contribution in [0, 0.1) is 0 Å².